The fourth-order valence-electron chi connectivity index (χ4n) is 2.53. The third-order valence-corrected chi connectivity index (χ3v) is 5.13. The first kappa shape index (κ1) is 20.5. The van der Waals surface area contributed by atoms with Crippen molar-refractivity contribution < 1.29 is 14.3 Å². The molecule has 0 saturated heterocycles. The van der Waals surface area contributed by atoms with E-state index in [-0.39, 0.29) is 18.3 Å². The summed E-state index contributed by atoms with van der Waals surface area (Å²) in [4.78, 5) is 24.5. The molecule has 0 heterocycles. The second kappa shape index (κ2) is 9.74. The van der Waals surface area contributed by atoms with Gasteiger partial charge in [0.2, 0.25) is 0 Å². The van der Waals surface area contributed by atoms with E-state index >= 15 is 0 Å². The number of benzene rings is 2. The maximum atomic E-state index is 12.6. The standard InChI is InChI=1S/C20H21BrClNO3/c1-3-26-19(24)12-16(10-14-6-4-5-7-18(14)22)23-20(25)15-9-8-13(2)17(21)11-15/h4-9,11,16H,3,10,12H2,1-2H3,(H,23,25). The summed E-state index contributed by atoms with van der Waals surface area (Å²) in [6.45, 7) is 4.01. The SMILES string of the molecule is CCOC(=O)CC(Cc1ccccc1Cl)NC(=O)c1ccc(C)c(Br)c1. The third kappa shape index (κ3) is 5.85. The number of amides is 1. The second-order valence-corrected chi connectivity index (χ2v) is 7.20. The second-order valence-electron chi connectivity index (χ2n) is 5.94. The predicted molar refractivity (Wildman–Crippen MR) is 107 cm³/mol. The Morgan fingerprint density at radius 3 is 2.62 bits per heavy atom. The van der Waals surface area contributed by atoms with Gasteiger partial charge in [-0.15, -0.1) is 0 Å². The van der Waals surface area contributed by atoms with E-state index in [9.17, 15) is 9.59 Å². The highest BCUT2D eigenvalue weighted by molar-refractivity contribution is 9.10. The number of hydrogen-bond donors (Lipinski definition) is 1. The molecular weight excluding hydrogens is 418 g/mol. The number of nitrogens with one attached hydrogen (secondary N) is 1. The van der Waals surface area contributed by atoms with Gasteiger partial charge in [0, 0.05) is 21.1 Å². The maximum Gasteiger partial charge on any atom is 0.307 e. The lowest BCUT2D eigenvalue weighted by Gasteiger charge is -2.19. The first-order valence-electron chi connectivity index (χ1n) is 8.36. The molecule has 2 aromatic carbocycles. The van der Waals surface area contributed by atoms with Gasteiger partial charge in [-0.25, -0.2) is 0 Å². The highest BCUT2D eigenvalue weighted by Crippen LogP contribution is 2.20. The first-order chi connectivity index (χ1) is 12.4. The number of carbonyl (C=O) groups is 2. The van der Waals surface area contributed by atoms with E-state index < -0.39 is 6.04 Å². The summed E-state index contributed by atoms with van der Waals surface area (Å²) >= 11 is 9.66. The number of rotatable bonds is 7. The Morgan fingerprint density at radius 1 is 1.23 bits per heavy atom. The highest BCUT2D eigenvalue weighted by atomic mass is 79.9. The molecule has 26 heavy (non-hydrogen) atoms. The predicted octanol–water partition coefficient (Wildman–Crippen LogP) is 4.71. The van der Waals surface area contributed by atoms with Gasteiger partial charge in [-0.05, 0) is 49.6 Å². The van der Waals surface area contributed by atoms with Crippen molar-refractivity contribution >= 4 is 39.4 Å². The van der Waals surface area contributed by atoms with Crippen LogP contribution in [0.1, 0.15) is 34.8 Å². The van der Waals surface area contributed by atoms with Crippen molar-refractivity contribution in [2.24, 2.45) is 0 Å². The number of halogens is 2. The Kier molecular flexibility index (Phi) is 7.66. The Morgan fingerprint density at radius 2 is 1.96 bits per heavy atom. The molecule has 2 aromatic rings. The molecule has 6 heteroatoms. The van der Waals surface area contributed by atoms with E-state index in [0.29, 0.717) is 23.6 Å². The van der Waals surface area contributed by atoms with Crippen LogP contribution in [0.2, 0.25) is 5.02 Å². The lowest BCUT2D eigenvalue weighted by atomic mass is 10.0. The Labute approximate surface area is 167 Å². The van der Waals surface area contributed by atoms with E-state index in [2.05, 4.69) is 21.2 Å². The molecule has 0 aliphatic rings. The van der Waals surface area contributed by atoms with Crippen molar-refractivity contribution in [2.45, 2.75) is 32.7 Å². The van der Waals surface area contributed by atoms with Crippen LogP contribution < -0.4 is 5.32 Å². The van der Waals surface area contributed by atoms with Gasteiger partial charge in [-0.1, -0.05) is 51.8 Å². The summed E-state index contributed by atoms with van der Waals surface area (Å²) in [7, 11) is 0. The van der Waals surface area contributed by atoms with Crippen LogP contribution >= 0.6 is 27.5 Å². The summed E-state index contributed by atoms with van der Waals surface area (Å²) < 4.78 is 5.89. The van der Waals surface area contributed by atoms with Crippen LogP contribution in [-0.2, 0) is 16.0 Å². The zero-order valence-electron chi connectivity index (χ0n) is 14.7. The molecular formula is C20H21BrClNO3. The van der Waals surface area contributed by atoms with Gasteiger partial charge in [0.05, 0.1) is 13.0 Å². The molecule has 0 radical (unpaired) electrons. The minimum absolute atomic E-state index is 0.0812. The number of hydrogen-bond acceptors (Lipinski definition) is 3. The highest BCUT2D eigenvalue weighted by Gasteiger charge is 2.20. The fraction of sp³-hybridized carbons (Fsp3) is 0.300. The average molecular weight is 439 g/mol. The van der Waals surface area contributed by atoms with Crippen molar-refractivity contribution in [1.29, 1.82) is 0 Å². The third-order valence-electron chi connectivity index (χ3n) is 3.91. The minimum atomic E-state index is -0.415. The van der Waals surface area contributed by atoms with E-state index in [1.807, 2.05) is 31.2 Å². The zero-order chi connectivity index (χ0) is 19.1. The van der Waals surface area contributed by atoms with Gasteiger partial charge in [-0.2, -0.15) is 0 Å². The summed E-state index contributed by atoms with van der Waals surface area (Å²) in [5.74, 6) is -0.595. The van der Waals surface area contributed by atoms with Crippen molar-refractivity contribution in [3.05, 3.63) is 68.7 Å². The van der Waals surface area contributed by atoms with Gasteiger partial charge < -0.3 is 10.1 Å². The summed E-state index contributed by atoms with van der Waals surface area (Å²) in [6.07, 6.45) is 0.523. The van der Waals surface area contributed by atoms with Crippen molar-refractivity contribution in [3.8, 4) is 0 Å². The lowest BCUT2D eigenvalue weighted by molar-refractivity contribution is -0.143. The number of esters is 1. The zero-order valence-corrected chi connectivity index (χ0v) is 17.1. The van der Waals surface area contributed by atoms with Crippen LogP contribution in [0.4, 0.5) is 0 Å². The smallest absolute Gasteiger partial charge is 0.307 e. The Balaban J connectivity index is 2.16. The van der Waals surface area contributed by atoms with Crippen LogP contribution in [0.25, 0.3) is 0 Å². The topological polar surface area (TPSA) is 55.4 Å². The van der Waals surface area contributed by atoms with Gasteiger partial charge in [0.1, 0.15) is 0 Å². The average Bonchev–Trinajstić information content (AvgIpc) is 2.59. The fourth-order valence-corrected chi connectivity index (χ4v) is 3.12. The number of ether oxygens (including phenoxy) is 1. The Hall–Kier alpha value is -1.85. The maximum absolute atomic E-state index is 12.6. The molecule has 2 rings (SSSR count). The van der Waals surface area contributed by atoms with Crippen LogP contribution in [0, 0.1) is 6.92 Å². The molecule has 4 nitrogen and oxygen atoms in total. The quantitative estimate of drug-likeness (QED) is 0.637. The molecule has 1 amide bonds. The molecule has 0 aromatic heterocycles. The number of carbonyl (C=O) groups excluding carboxylic acids is 2. The molecule has 0 spiro atoms. The van der Waals surface area contributed by atoms with E-state index in [4.69, 9.17) is 16.3 Å². The van der Waals surface area contributed by atoms with Gasteiger partial charge in [-0.3, -0.25) is 9.59 Å². The monoisotopic (exact) mass is 437 g/mol. The van der Waals surface area contributed by atoms with Crippen LogP contribution in [-0.4, -0.2) is 24.5 Å². The molecule has 1 unspecified atom stereocenters. The van der Waals surface area contributed by atoms with E-state index in [0.717, 1.165) is 15.6 Å². The van der Waals surface area contributed by atoms with Crippen LogP contribution in [0.5, 0.6) is 0 Å². The van der Waals surface area contributed by atoms with Crippen molar-refractivity contribution in [1.82, 2.24) is 5.32 Å². The summed E-state index contributed by atoms with van der Waals surface area (Å²) in [6, 6.07) is 12.4. The summed E-state index contributed by atoms with van der Waals surface area (Å²) in [5, 5.41) is 3.53. The molecule has 0 fully saturated rings. The van der Waals surface area contributed by atoms with E-state index in [1.165, 1.54) is 0 Å². The van der Waals surface area contributed by atoms with Crippen LogP contribution in [0.15, 0.2) is 46.9 Å². The molecule has 0 aliphatic carbocycles. The first-order valence-corrected chi connectivity index (χ1v) is 9.53. The van der Waals surface area contributed by atoms with Crippen LogP contribution in [0.3, 0.4) is 0 Å². The molecule has 0 aliphatic heterocycles. The largest absolute Gasteiger partial charge is 0.466 e. The van der Waals surface area contributed by atoms with E-state index in [1.54, 1.807) is 25.1 Å². The van der Waals surface area contributed by atoms with Crippen molar-refractivity contribution in [3.63, 3.8) is 0 Å². The lowest BCUT2D eigenvalue weighted by Crippen LogP contribution is -2.38. The minimum Gasteiger partial charge on any atom is -0.466 e. The molecule has 0 saturated carbocycles. The van der Waals surface area contributed by atoms with Gasteiger partial charge in [0.15, 0.2) is 0 Å². The van der Waals surface area contributed by atoms with Gasteiger partial charge in [0.25, 0.3) is 5.91 Å². The Bertz CT molecular complexity index is 794. The molecule has 0 bridgehead atoms. The molecule has 1 atom stereocenters. The normalized spacial score (nSPS) is 11.7. The van der Waals surface area contributed by atoms with Crippen molar-refractivity contribution in [2.75, 3.05) is 6.61 Å². The van der Waals surface area contributed by atoms with Gasteiger partial charge >= 0.3 is 5.97 Å². The summed E-state index contributed by atoms with van der Waals surface area (Å²) in [5.41, 5.74) is 2.44. The molecule has 138 valence electrons. The number of aryl methyl sites for hydroxylation is 1. The molecule has 1 N–H and O–H groups in total.